The number of fused-ring (bicyclic) bond motifs is 1. The first-order valence-electron chi connectivity index (χ1n) is 11.4. The zero-order chi connectivity index (χ0) is 24.1. The number of nitrogens with zero attached hydrogens (tertiary/aromatic N) is 2. The maximum atomic E-state index is 13.3. The van der Waals surface area contributed by atoms with Crippen LogP contribution in [0.5, 0.6) is 0 Å². The second kappa shape index (κ2) is 8.54. The van der Waals surface area contributed by atoms with Crippen molar-refractivity contribution < 1.29 is 28.0 Å². The van der Waals surface area contributed by atoms with Gasteiger partial charge in [0.05, 0.1) is 6.07 Å². The minimum Gasteiger partial charge on any atom is -0.356 e. The molecular weight excluding hydrogens is 436 g/mol. The monoisotopic (exact) mass is 465 g/mol. The molecule has 0 unspecified atom stereocenters. The molecule has 2 saturated carbocycles. The zero-order valence-corrected chi connectivity index (χ0v) is 18.6. The summed E-state index contributed by atoms with van der Waals surface area (Å²) in [5.74, 6) is -3.28. The summed E-state index contributed by atoms with van der Waals surface area (Å²) in [7, 11) is 0. The second-order valence-electron chi connectivity index (χ2n) is 10.2. The summed E-state index contributed by atoms with van der Waals surface area (Å²) in [5, 5.41) is 17.1. The number of piperidine rings is 1. The standard InChI is InChI=1S/C22H29F2N5O4/c1-22(2)13-9-29(21(33)15(10-3-4-10)28-20(32)17(23)24)16(14(13)22)19(31)27-12(8-25)7-11-5-6-26-18(11)30/h10-17H,3-7,9H2,1-2H3,(H,26,30)(H,27,31)(H,28,32)/t11-,12-,13-,14-,15-,16-/m0/s1. The van der Waals surface area contributed by atoms with Gasteiger partial charge in [0.2, 0.25) is 17.7 Å². The number of alkyl halides is 2. The Morgan fingerprint density at radius 3 is 2.48 bits per heavy atom. The zero-order valence-electron chi connectivity index (χ0n) is 18.6. The largest absolute Gasteiger partial charge is 0.356 e. The van der Waals surface area contributed by atoms with Crippen molar-refractivity contribution in [1.82, 2.24) is 20.9 Å². The van der Waals surface area contributed by atoms with Gasteiger partial charge in [0.25, 0.3) is 5.91 Å². The smallest absolute Gasteiger partial charge is 0.315 e. The molecule has 0 aromatic heterocycles. The van der Waals surface area contributed by atoms with Gasteiger partial charge in [0.1, 0.15) is 18.1 Å². The third-order valence-electron chi connectivity index (χ3n) is 7.77. The number of carbonyl (C=O) groups is 4. The van der Waals surface area contributed by atoms with Gasteiger partial charge in [0, 0.05) is 19.0 Å². The van der Waals surface area contributed by atoms with Crippen LogP contribution in [0.2, 0.25) is 0 Å². The van der Waals surface area contributed by atoms with Gasteiger partial charge in [-0.3, -0.25) is 19.2 Å². The van der Waals surface area contributed by atoms with Crippen LogP contribution in [0.15, 0.2) is 0 Å². The van der Waals surface area contributed by atoms with Gasteiger partial charge in [-0.05, 0) is 48.9 Å². The maximum absolute atomic E-state index is 13.3. The highest BCUT2D eigenvalue weighted by Gasteiger charge is 2.69. The first-order valence-corrected chi connectivity index (χ1v) is 11.4. The van der Waals surface area contributed by atoms with E-state index in [9.17, 15) is 33.2 Å². The quantitative estimate of drug-likeness (QED) is 0.470. The lowest BCUT2D eigenvalue weighted by atomic mass is 9.97. The van der Waals surface area contributed by atoms with E-state index in [2.05, 4.69) is 16.0 Å². The number of halogens is 2. The molecule has 0 aromatic rings. The van der Waals surface area contributed by atoms with Crippen LogP contribution in [0, 0.1) is 40.4 Å². The molecule has 2 saturated heterocycles. The highest BCUT2D eigenvalue weighted by Crippen LogP contribution is 2.65. The van der Waals surface area contributed by atoms with Crippen LogP contribution in [0.1, 0.15) is 39.5 Å². The lowest BCUT2D eigenvalue weighted by molar-refractivity contribution is -0.145. The van der Waals surface area contributed by atoms with Crippen LogP contribution in [0.3, 0.4) is 0 Å². The minimum atomic E-state index is -3.23. The molecule has 0 aromatic carbocycles. The van der Waals surface area contributed by atoms with Gasteiger partial charge in [-0.2, -0.15) is 14.0 Å². The van der Waals surface area contributed by atoms with Gasteiger partial charge >= 0.3 is 6.43 Å². The predicted molar refractivity (Wildman–Crippen MR) is 110 cm³/mol. The normalized spacial score (nSPS) is 31.3. The Kier molecular flexibility index (Phi) is 6.05. The van der Waals surface area contributed by atoms with Gasteiger partial charge < -0.3 is 20.9 Å². The lowest BCUT2D eigenvalue weighted by Crippen LogP contribution is -2.57. The fraction of sp³-hybridized carbons (Fsp3) is 0.773. The fourth-order valence-corrected chi connectivity index (χ4v) is 5.57. The molecule has 4 rings (SSSR count). The molecule has 2 aliphatic carbocycles. The predicted octanol–water partition coefficient (Wildman–Crippen LogP) is 0.164. The average Bonchev–Trinajstić information content (AvgIpc) is 3.56. The van der Waals surface area contributed by atoms with Gasteiger partial charge in [-0.1, -0.05) is 13.8 Å². The Labute approximate surface area is 190 Å². The van der Waals surface area contributed by atoms with Gasteiger partial charge in [0.15, 0.2) is 0 Å². The SMILES string of the molecule is CC1(C)[C@@H]2[C@@H](C(=O)N[C@H](C#N)C[C@@H]3CCNC3=O)N(C(=O)[C@@H](NC(=O)C(F)F)C3CC3)C[C@@H]21. The van der Waals surface area contributed by atoms with Crippen molar-refractivity contribution in [2.45, 2.75) is 64.1 Å². The van der Waals surface area contributed by atoms with E-state index < -0.39 is 42.3 Å². The van der Waals surface area contributed by atoms with E-state index in [0.717, 1.165) is 0 Å². The molecule has 4 aliphatic rings. The van der Waals surface area contributed by atoms with Crippen LogP contribution in [0.25, 0.3) is 0 Å². The summed E-state index contributed by atoms with van der Waals surface area (Å²) in [4.78, 5) is 51.4. The van der Waals surface area contributed by atoms with E-state index in [4.69, 9.17) is 0 Å². The summed E-state index contributed by atoms with van der Waals surface area (Å²) in [5.41, 5.74) is -0.173. The Hall–Kier alpha value is -2.77. The van der Waals surface area contributed by atoms with Crippen molar-refractivity contribution in [1.29, 1.82) is 5.26 Å². The number of likely N-dealkylation sites (tertiary alicyclic amines) is 1. The van der Waals surface area contributed by atoms with Crippen LogP contribution >= 0.6 is 0 Å². The maximum Gasteiger partial charge on any atom is 0.315 e. The summed E-state index contributed by atoms with van der Waals surface area (Å²) < 4.78 is 25.6. The van der Waals surface area contributed by atoms with E-state index in [1.165, 1.54) is 4.90 Å². The molecule has 2 aliphatic heterocycles. The number of nitrogens with one attached hydrogen (secondary N) is 3. The molecule has 2 heterocycles. The summed E-state index contributed by atoms with van der Waals surface area (Å²) in [6.45, 7) is 4.84. The Morgan fingerprint density at radius 1 is 1.24 bits per heavy atom. The van der Waals surface area contributed by atoms with E-state index in [1.807, 2.05) is 19.9 Å². The van der Waals surface area contributed by atoms with E-state index in [-0.39, 0.29) is 41.4 Å². The number of hydrogen-bond donors (Lipinski definition) is 3. The fourth-order valence-electron chi connectivity index (χ4n) is 5.57. The number of carbonyl (C=O) groups excluding carboxylic acids is 4. The number of rotatable bonds is 8. The molecule has 4 amide bonds. The van der Waals surface area contributed by atoms with E-state index in [0.29, 0.717) is 32.4 Å². The van der Waals surface area contributed by atoms with Crippen molar-refractivity contribution in [2.75, 3.05) is 13.1 Å². The third kappa shape index (κ3) is 4.39. The molecule has 3 N–H and O–H groups in total. The first kappa shape index (κ1) is 23.4. The highest BCUT2D eigenvalue weighted by atomic mass is 19.3. The van der Waals surface area contributed by atoms with Crippen molar-refractivity contribution in [2.24, 2.45) is 29.1 Å². The van der Waals surface area contributed by atoms with Crippen LogP contribution in [-0.2, 0) is 19.2 Å². The minimum absolute atomic E-state index is 0.0731. The molecule has 0 spiro atoms. The van der Waals surface area contributed by atoms with Crippen LogP contribution in [0.4, 0.5) is 8.78 Å². The molecule has 0 radical (unpaired) electrons. The molecular formula is C22H29F2N5O4. The summed E-state index contributed by atoms with van der Waals surface area (Å²) in [6.07, 6.45) is -1.17. The average molecular weight is 466 g/mol. The molecule has 180 valence electrons. The number of hydrogen-bond acceptors (Lipinski definition) is 5. The molecule has 9 nitrogen and oxygen atoms in total. The Bertz CT molecular complexity index is 900. The summed E-state index contributed by atoms with van der Waals surface area (Å²) >= 11 is 0. The van der Waals surface area contributed by atoms with E-state index >= 15 is 0 Å². The second-order valence-corrected chi connectivity index (χ2v) is 10.2. The number of amides is 4. The molecule has 33 heavy (non-hydrogen) atoms. The van der Waals surface area contributed by atoms with Crippen LogP contribution in [-0.4, -0.2) is 66.2 Å². The van der Waals surface area contributed by atoms with Gasteiger partial charge in [-0.25, -0.2) is 0 Å². The molecule has 4 fully saturated rings. The van der Waals surface area contributed by atoms with Crippen molar-refractivity contribution in [3.63, 3.8) is 0 Å². The Morgan fingerprint density at radius 2 is 1.94 bits per heavy atom. The summed E-state index contributed by atoms with van der Waals surface area (Å²) in [6, 6.07) is -0.794. The lowest BCUT2D eigenvalue weighted by Gasteiger charge is -2.33. The highest BCUT2D eigenvalue weighted by molar-refractivity contribution is 5.94. The molecule has 11 heteroatoms. The first-order chi connectivity index (χ1) is 15.6. The van der Waals surface area contributed by atoms with E-state index in [1.54, 1.807) is 0 Å². The molecule has 6 atom stereocenters. The van der Waals surface area contributed by atoms with Crippen molar-refractivity contribution >= 4 is 23.6 Å². The molecule has 0 bridgehead atoms. The van der Waals surface area contributed by atoms with Crippen molar-refractivity contribution in [3.8, 4) is 6.07 Å². The van der Waals surface area contributed by atoms with Crippen molar-refractivity contribution in [3.05, 3.63) is 0 Å². The topological polar surface area (TPSA) is 131 Å². The Balaban J connectivity index is 1.48. The van der Waals surface area contributed by atoms with Gasteiger partial charge in [-0.15, -0.1) is 0 Å². The number of nitriles is 1. The van der Waals surface area contributed by atoms with Crippen LogP contribution < -0.4 is 16.0 Å². The third-order valence-corrected chi connectivity index (χ3v) is 7.77.